The van der Waals surface area contributed by atoms with Crippen LogP contribution in [0.5, 0.6) is 0 Å². The van der Waals surface area contributed by atoms with Gasteiger partial charge >= 0.3 is 0 Å². The summed E-state index contributed by atoms with van der Waals surface area (Å²) in [4.78, 5) is 41.1. The Morgan fingerprint density at radius 3 is 2.50 bits per heavy atom. The fourth-order valence-corrected chi connectivity index (χ4v) is 3.42. The third kappa shape index (κ3) is 5.01. The van der Waals surface area contributed by atoms with Crippen molar-refractivity contribution < 1.29 is 14.0 Å². The minimum atomic E-state index is -0.530. The molecule has 0 radical (unpaired) electrons. The van der Waals surface area contributed by atoms with E-state index in [0.717, 1.165) is 19.3 Å². The number of furan rings is 1. The molecule has 1 aliphatic carbocycles. The molecule has 3 rings (SSSR count). The van der Waals surface area contributed by atoms with E-state index in [4.69, 9.17) is 4.42 Å². The minimum Gasteiger partial charge on any atom is -0.467 e. The maximum Gasteiger partial charge on any atom is 0.259 e. The van der Waals surface area contributed by atoms with Crippen molar-refractivity contribution in [3.8, 4) is 0 Å². The monoisotopic (exact) mass is 413 g/mol. The van der Waals surface area contributed by atoms with Gasteiger partial charge in [0.15, 0.2) is 0 Å². The van der Waals surface area contributed by atoms with Gasteiger partial charge in [0.1, 0.15) is 16.9 Å². The van der Waals surface area contributed by atoms with Gasteiger partial charge in [-0.3, -0.25) is 14.4 Å². The normalized spacial score (nSPS) is 14.6. The Hall–Kier alpha value is -2.83. The van der Waals surface area contributed by atoms with Gasteiger partial charge in [0, 0.05) is 31.5 Å². The van der Waals surface area contributed by atoms with Crippen molar-refractivity contribution in [3.63, 3.8) is 0 Å². The van der Waals surface area contributed by atoms with Crippen molar-refractivity contribution in [3.05, 3.63) is 57.9 Å². The Kier molecular flexibility index (Phi) is 6.80. The summed E-state index contributed by atoms with van der Waals surface area (Å²) in [5.74, 6) is 0.306. The molecule has 2 amide bonds. The molecular weight excluding hydrogens is 382 g/mol. The van der Waals surface area contributed by atoms with E-state index in [2.05, 4.69) is 5.32 Å². The predicted molar refractivity (Wildman–Crippen MR) is 115 cm³/mol. The van der Waals surface area contributed by atoms with Crippen molar-refractivity contribution in [2.45, 2.75) is 59.0 Å². The smallest absolute Gasteiger partial charge is 0.259 e. The van der Waals surface area contributed by atoms with Crippen molar-refractivity contribution >= 4 is 11.8 Å². The molecule has 2 heterocycles. The van der Waals surface area contributed by atoms with Crippen LogP contribution in [0, 0.1) is 5.92 Å². The summed E-state index contributed by atoms with van der Waals surface area (Å²) in [6.07, 6.45) is 7.70. The highest BCUT2D eigenvalue weighted by atomic mass is 16.3. The Morgan fingerprint density at radius 2 is 1.93 bits per heavy atom. The summed E-state index contributed by atoms with van der Waals surface area (Å²) in [6.45, 7) is 8.95. The average molecular weight is 414 g/mol. The number of pyridine rings is 1. The van der Waals surface area contributed by atoms with Gasteiger partial charge in [-0.05, 0) is 58.1 Å². The molecule has 30 heavy (non-hydrogen) atoms. The summed E-state index contributed by atoms with van der Waals surface area (Å²) in [6, 6.07) is 3.10. The first-order chi connectivity index (χ1) is 14.3. The Labute approximate surface area is 177 Å². The van der Waals surface area contributed by atoms with Gasteiger partial charge in [-0.2, -0.15) is 0 Å². The maximum atomic E-state index is 13.2. The zero-order valence-corrected chi connectivity index (χ0v) is 18.2. The van der Waals surface area contributed by atoms with Crippen LogP contribution in [-0.2, 0) is 0 Å². The standard InChI is InChI=1S/C23H31N3O4/c1-5-10-25(12-17-8-9-17)23(29)19-14-26(15(2)3)13-18(21(19)27)22(28)24-16(4)20-7-6-11-30-20/h6-7,11,13-17H,5,8-10,12H2,1-4H3,(H,24,28)/t16-/m0/s1. The fourth-order valence-electron chi connectivity index (χ4n) is 3.42. The second-order valence-electron chi connectivity index (χ2n) is 8.36. The fraction of sp³-hybridized carbons (Fsp3) is 0.522. The number of rotatable bonds is 9. The van der Waals surface area contributed by atoms with Gasteiger partial charge in [-0.1, -0.05) is 6.92 Å². The van der Waals surface area contributed by atoms with Gasteiger partial charge in [0.2, 0.25) is 5.43 Å². The van der Waals surface area contributed by atoms with Crippen LogP contribution >= 0.6 is 0 Å². The minimum absolute atomic E-state index is 0.00532. The van der Waals surface area contributed by atoms with Crippen molar-refractivity contribution in [1.29, 1.82) is 0 Å². The molecule has 7 nitrogen and oxygen atoms in total. The highest BCUT2D eigenvalue weighted by molar-refractivity contribution is 5.99. The number of hydrogen-bond acceptors (Lipinski definition) is 4. The molecule has 0 aliphatic heterocycles. The molecule has 0 spiro atoms. The number of carbonyl (C=O) groups is 2. The van der Waals surface area contributed by atoms with Crippen LogP contribution in [0.15, 0.2) is 40.0 Å². The molecule has 1 N–H and O–H groups in total. The maximum absolute atomic E-state index is 13.2. The largest absolute Gasteiger partial charge is 0.467 e. The van der Waals surface area contributed by atoms with Crippen LogP contribution in [0.3, 0.4) is 0 Å². The van der Waals surface area contributed by atoms with Crippen molar-refractivity contribution in [2.75, 3.05) is 13.1 Å². The zero-order valence-electron chi connectivity index (χ0n) is 18.2. The second-order valence-corrected chi connectivity index (χ2v) is 8.36. The predicted octanol–water partition coefficient (Wildman–Crippen LogP) is 3.78. The van der Waals surface area contributed by atoms with Crippen LogP contribution in [0.1, 0.15) is 85.5 Å². The van der Waals surface area contributed by atoms with E-state index < -0.39 is 17.4 Å². The topological polar surface area (TPSA) is 84.6 Å². The zero-order chi connectivity index (χ0) is 21.8. The van der Waals surface area contributed by atoms with Gasteiger partial charge in [-0.25, -0.2) is 0 Å². The highest BCUT2D eigenvalue weighted by Crippen LogP contribution is 2.30. The summed E-state index contributed by atoms with van der Waals surface area (Å²) in [5, 5.41) is 2.80. The molecule has 0 aromatic carbocycles. The molecule has 1 atom stereocenters. The third-order valence-corrected chi connectivity index (χ3v) is 5.39. The van der Waals surface area contributed by atoms with Crippen LogP contribution in [0.2, 0.25) is 0 Å². The van der Waals surface area contributed by atoms with E-state index in [0.29, 0.717) is 24.8 Å². The molecule has 0 bridgehead atoms. The van der Waals surface area contributed by atoms with Gasteiger partial charge < -0.3 is 19.2 Å². The SMILES string of the molecule is CCCN(CC1CC1)C(=O)c1cn(C(C)C)cc(C(=O)N[C@@H](C)c2ccco2)c1=O. The number of nitrogens with one attached hydrogen (secondary N) is 1. The van der Waals surface area contributed by atoms with E-state index in [1.54, 1.807) is 34.7 Å². The lowest BCUT2D eigenvalue weighted by atomic mass is 10.1. The second kappa shape index (κ2) is 9.32. The molecule has 0 saturated heterocycles. The molecule has 2 aromatic heterocycles. The van der Waals surface area contributed by atoms with Crippen molar-refractivity contribution in [2.24, 2.45) is 5.92 Å². The number of carbonyl (C=O) groups excluding carboxylic acids is 2. The summed E-state index contributed by atoms with van der Waals surface area (Å²) in [7, 11) is 0. The quantitative estimate of drug-likeness (QED) is 0.678. The van der Waals surface area contributed by atoms with Crippen LogP contribution in [0.25, 0.3) is 0 Å². The first-order valence-electron chi connectivity index (χ1n) is 10.7. The summed E-state index contributed by atoms with van der Waals surface area (Å²) < 4.78 is 7.08. The van der Waals surface area contributed by atoms with Gasteiger partial charge in [0.05, 0.1) is 12.3 Å². The van der Waals surface area contributed by atoms with E-state index in [1.165, 1.54) is 12.5 Å². The van der Waals surface area contributed by atoms with Crippen LogP contribution < -0.4 is 10.7 Å². The number of hydrogen-bond donors (Lipinski definition) is 1. The molecule has 162 valence electrons. The number of aromatic nitrogens is 1. The first kappa shape index (κ1) is 21.9. The van der Waals surface area contributed by atoms with Crippen LogP contribution in [0.4, 0.5) is 0 Å². The molecule has 1 fully saturated rings. The number of amides is 2. The van der Waals surface area contributed by atoms with Crippen LogP contribution in [-0.4, -0.2) is 34.4 Å². The first-order valence-corrected chi connectivity index (χ1v) is 10.7. The van der Waals surface area contributed by atoms with Crippen molar-refractivity contribution in [1.82, 2.24) is 14.8 Å². The highest BCUT2D eigenvalue weighted by Gasteiger charge is 2.29. The lowest BCUT2D eigenvalue weighted by Crippen LogP contribution is -2.39. The number of nitrogens with zero attached hydrogens (tertiary/aromatic N) is 2. The lowest BCUT2D eigenvalue weighted by Gasteiger charge is -2.23. The summed E-state index contributed by atoms with van der Waals surface area (Å²) in [5.41, 5.74) is -0.509. The Bertz CT molecular complexity index is 942. The van der Waals surface area contributed by atoms with E-state index in [-0.39, 0.29) is 23.1 Å². The molecule has 7 heteroatoms. The lowest BCUT2D eigenvalue weighted by molar-refractivity contribution is 0.0745. The van der Waals surface area contributed by atoms with E-state index in [9.17, 15) is 14.4 Å². The third-order valence-electron chi connectivity index (χ3n) is 5.39. The Morgan fingerprint density at radius 1 is 1.23 bits per heavy atom. The molecule has 0 unspecified atom stereocenters. The molecule has 1 saturated carbocycles. The van der Waals surface area contributed by atoms with Gasteiger partial charge in [0.25, 0.3) is 11.8 Å². The molecule has 1 aliphatic rings. The Balaban J connectivity index is 1.93. The van der Waals surface area contributed by atoms with Gasteiger partial charge in [-0.15, -0.1) is 0 Å². The molecular formula is C23H31N3O4. The summed E-state index contributed by atoms with van der Waals surface area (Å²) >= 11 is 0. The van der Waals surface area contributed by atoms with E-state index >= 15 is 0 Å². The van der Waals surface area contributed by atoms with E-state index in [1.807, 2.05) is 20.8 Å². The molecule has 2 aromatic rings. The average Bonchev–Trinajstić information content (AvgIpc) is 3.35.